The standard InChI is InChI=1S/C17H17F7O9S/c1-12(18,15(19,20)9(25)26)16(21,22)10(27)33-14-4-7-2-8(14)3-13(7,5-14)6-32-11(28)17(23,24)34(29,30)31/h7-8H,2-6H2,1H3,(H,25,26)(H,29,30,31)/t7?,8?,12-,13?,14?/m1/s1. The Morgan fingerprint density at radius 2 is 1.53 bits per heavy atom. The van der Waals surface area contributed by atoms with E-state index in [1.807, 2.05) is 0 Å². The van der Waals surface area contributed by atoms with E-state index in [1.165, 1.54) is 0 Å². The van der Waals surface area contributed by atoms with Crippen LogP contribution < -0.4 is 0 Å². The molecule has 0 spiro atoms. The number of hydrogen-bond acceptors (Lipinski definition) is 7. The minimum atomic E-state index is -6.14. The maximum Gasteiger partial charge on any atom is 0.465 e. The molecule has 0 amide bonds. The number of hydrogen-bond donors (Lipinski definition) is 2. The van der Waals surface area contributed by atoms with Crippen LogP contribution in [0.2, 0.25) is 0 Å². The molecule has 2 N–H and O–H groups in total. The van der Waals surface area contributed by atoms with E-state index < -0.39 is 87.2 Å². The summed E-state index contributed by atoms with van der Waals surface area (Å²) in [6.45, 7) is -1.33. The fourth-order valence-corrected chi connectivity index (χ4v) is 5.54. The molecule has 5 atom stereocenters. The van der Waals surface area contributed by atoms with Gasteiger partial charge in [-0.1, -0.05) is 0 Å². The Bertz CT molecular complexity index is 1040. The third-order valence-electron chi connectivity index (χ3n) is 7.13. The molecule has 4 bridgehead atoms. The Kier molecular flexibility index (Phi) is 5.58. The monoisotopic (exact) mass is 530 g/mol. The van der Waals surface area contributed by atoms with E-state index in [0.29, 0.717) is 0 Å². The van der Waals surface area contributed by atoms with Crippen LogP contribution in [-0.4, -0.2) is 71.0 Å². The molecule has 4 fully saturated rings. The Hall–Kier alpha value is -2.17. The molecule has 0 aromatic rings. The number of alkyl halides is 7. The lowest BCUT2D eigenvalue weighted by molar-refractivity contribution is -0.255. The smallest absolute Gasteiger partial charge is 0.465 e. The van der Waals surface area contributed by atoms with Gasteiger partial charge in [-0.2, -0.15) is 34.8 Å². The van der Waals surface area contributed by atoms with Crippen LogP contribution in [0.4, 0.5) is 30.7 Å². The maximum atomic E-state index is 14.3. The fourth-order valence-electron chi connectivity index (χ4n) is 5.27. The van der Waals surface area contributed by atoms with Crippen molar-refractivity contribution < 1.29 is 72.7 Å². The van der Waals surface area contributed by atoms with Crippen LogP contribution in [-0.2, 0) is 34.0 Å². The zero-order chi connectivity index (χ0) is 26.3. The van der Waals surface area contributed by atoms with E-state index in [2.05, 4.69) is 4.74 Å². The molecule has 4 rings (SSSR count). The molecule has 34 heavy (non-hydrogen) atoms. The van der Waals surface area contributed by atoms with Crippen molar-refractivity contribution in [3.05, 3.63) is 0 Å². The van der Waals surface area contributed by atoms with Gasteiger partial charge in [-0.05, 0) is 44.4 Å². The van der Waals surface area contributed by atoms with Gasteiger partial charge in [0.2, 0.25) is 0 Å². The topological polar surface area (TPSA) is 144 Å². The van der Waals surface area contributed by atoms with Gasteiger partial charge in [0.05, 0.1) is 6.61 Å². The summed E-state index contributed by atoms with van der Waals surface area (Å²) in [6.07, 6.45) is -0.438. The molecular weight excluding hydrogens is 513 g/mol. The Labute approximate surface area is 186 Å². The largest absolute Gasteiger partial charge is 0.477 e. The molecule has 194 valence electrons. The third-order valence-corrected chi connectivity index (χ3v) is 7.94. The van der Waals surface area contributed by atoms with Gasteiger partial charge in [0.1, 0.15) is 5.60 Å². The highest BCUT2D eigenvalue weighted by Crippen LogP contribution is 2.73. The molecular formula is C17H17F7O9S. The van der Waals surface area contributed by atoms with Gasteiger partial charge in [-0.25, -0.2) is 18.8 Å². The van der Waals surface area contributed by atoms with Gasteiger partial charge in [0.15, 0.2) is 0 Å². The molecule has 4 aliphatic carbocycles. The van der Waals surface area contributed by atoms with Gasteiger partial charge in [-0.3, -0.25) is 4.55 Å². The second kappa shape index (κ2) is 7.18. The lowest BCUT2D eigenvalue weighted by atomic mass is 9.82. The highest BCUT2D eigenvalue weighted by molar-refractivity contribution is 7.87. The number of carbonyl (C=O) groups is 3. The second-order valence-corrected chi connectivity index (χ2v) is 10.5. The number of aliphatic carboxylic acids is 1. The molecule has 4 saturated carbocycles. The predicted octanol–water partition coefficient (Wildman–Crippen LogP) is 2.20. The Morgan fingerprint density at radius 1 is 0.971 bits per heavy atom. The summed E-state index contributed by atoms with van der Waals surface area (Å²) in [5.74, 6) is -21.1. The van der Waals surface area contributed by atoms with Gasteiger partial charge < -0.3 is 14.6 Å². The molecule has 9 nitrogen and oxygen atoms in total. The Morgan fingerprint density at radius 3 is 1.97 bits per heavy atom. The summed E-state index contributed by atoms with van der Waals surface area (Å²) in [5, 5.41) is 3.10. The number of rotatable bonds is 9. The van der Waals surface area contributed by atoms with E-state index in [-0.39, 0.29) is 25.7 Å². The van der Waals surface area contributed by atoms with E-state index in [1.54, 1.807) is 0 Å². The number of carboxylic acid groups (broad SMARTS) is 1. The van der Waals surface area contributed by atoms with Crippen molar-refractivity contribution in [1.29, 1.82) is 0 Å². The van der Waals surface area contributed by atoms with Crippen molar-refractivity contribution in [2.75, 3.05) is 6.61 Å². The molecule has 0 aliphatic heterocycles. The average Bonchev–Trinajstić information content (AvgIpc) is 3.35. The second-order valence-electron chi connectivity index (χ2n) is 9.06. The van der Waals surface area contributed by atoms with Crippen molar-refractivity contribution in [3.63, 3.8) is 0 Å². The fraction of sp³-hybridized carbons (Fsp3) is 0.824. The van der Waals surface area contributed by atoms with Gasteiger partial charge in [0, 0.05) is 5.41 Å². The third kappa shape index (κ3) is 3.37. The molecule has 0 aromatic carbocycles. The summed E-state index contributed by atoms with van der Waals surface area (Å²) >= 11 is 0. The average molecular weight is 530 g/mol. The molecule has 0 saturated heterocycles. The van der Waals surface area contributed by atoms with Gasteiger partial charge in [-0.15, -0.1) is 0 Å². The van der Waals surface area contributed by atoms with Crippen LogP contribution in [0.5, 0.6) is 0 Å². The number of carboxylic acids is 1. The predicted molar refractivity (Wildman–Crippen MR) is 91.2 cm³/mol. The highest BCUT2D eigenvalue weighted by atomic mass is 32.2. The van der Waals surface area contributed by atoms with E-state index in [0.717, 1.165) is 0 Å². The van der Waals surface area contributed by atoms with E-state index in [9.17, 15) is 53.5 Å². The van der Waals surface area contributed by atoms with Gasteiger partial charge in [0.25, 0.3) is 5.67 Å². The minimum Gasteiger partial charge on any atom is -0.477 e. The zero-order valence-corrected chi connectivity index (χ0v) is 17.8. The number of carbonyl (C=O) groups excluding carboxylic acids is 2. The first kappa shape index (κ1) is 26.4. The van der Waals surface area contributed by atoms with Gasteiger partial charge >= 0.3 is 45.1 Å². The van der Waals surface area contributed by atoms with Crippen molar-refractivity contribution in [1.82, 2.24) is 0 Å². The lowest BCUT2D eigenvalue weighted by Gasteiger charge is -2.36. The molecule has 4 unspecified atom stereocenters. The van der Waals surface area contributed by atoms with E-state index >= 15 is 0 Å². The first-order valence-electron chi connectivity index (χ1n) is 9.51. The molecule has 4 aliphatic rings. The summed E-state index contributed by atoms with van der Waals surface area (Å²) in [6, 6.07) is 0. The van der Waals surface area contributed by atoms with Crippen LogP contribution in [0, 0.1) is 17.3 Å². The molecule has 0 aromatic heterocycles. The van der Waals surface area contributed by atoms with Crippen LogP contribution in [0.25, 0.3) is 0 Å². The highest BCUT2D eigenvalue weighted by Gasteiger charge is 2.78. The minimum absolute atomic E-state index is 0.0284. The summed E-state index contributed by atoms with van der Waals surface area (Å²) in [4.78, 5) is 34.1. The number of ether oxygens (including phenoxy) is 2. The van der Waals surface area contributed by atoms with Crippen molar-refractivity contribution in [2.24, 2.45) is 17.3 Å². The van der Waals surface area contributed by atoms with Crippen molar-refractivity contribution in [3.8, 4) is 0 Å². The summed E-state index contributed by atoms with van der Waals surface area (Å²) in [5.41, 5.74) is -8.15. The first-order chi connectivity index (χ1) is 15.1. The van der Waals surface area contributed by atoms with Crippen LogP contribution in [0.3, 0.4) is 0 Å². The zero-order valence-electron chi connectivity index (χ0n) is 17.0. The van der Waals surface area contributed by atoms with Crippen LogP contribution >= 0.6 is 0 Å². The number of halogens is 7. The number of esters is 2. The SMILES string of the molecule is C[C@@](F)(C(F)(F)C(=O)O)C(F)(F)C(=O)OC12CC3CC1CC3(COC(=O)C(F)(F)S(=O)(=O)O)C2. The van der Waals surface area contributed by atoms with Crippen LogP contribution in [0.1, 0.15) is 32.6 Å². The molecule has 17 heteroatoms. The maximum absolute atomic E-state index is 14.3. The first-order valence-corrected chi connectivity index (χ1v) is 10.9. The summed E-state index contributed by atoms with van der Waals surface area (Å²) in [7, 11) is -6.14. The lowest BCUT2D eigenvalue weighted by Crippen LogP contribution is -2.63. The Balaban J connectivity index is 1.75. The molecule has 0 heterocycles. The quantitative estimate of drug-likeness (QED) is 0.260. The van der Waals surface area contributed by atoms with Crippen LogP contribution in [0.15, 0.2) is 0 Å². The van der Waals surface area contributed by atoms with Crippen molar-refractivity contribution in [2.45, 2.75) is 61.0 Å². The normalized spacial score (nSPS) is 32.5. The molecule has 0 radical (unpaired) electrons. The van der Waals surface area contributed by atoms with E-state index in [4.69, 9.17) is 14.4 Å². The summed E-state index contributed by atoms with van der Waals surface area (Å²) < 4.78 is 136. The van der Waals surface area contributed by atoms with Crippen molar-refractivity contribution >= 4 is 28.0 Å².